The molecule has 3 fully saturated rings. The predicted octanol–water partition coefficient (Wildman–Crippen LogP) is 0.971. The minimum Gasteiger partial charge on any atom is -0.381 e. The van der Waals surface area contributed by atoms with Crippen molar-refractivity contribution in [3.8, 4) is 0 Å². The van der Waals surface area contributed by atoms with Crippen LogP contribution in [0, 0.1) is 0 Å². The number of hydrogen-bond acceptors (Lipinski definition) is 4. The lowest BCUT2D eigenvalue weighted by atomic mass is 9.84. The van der Waals surface area contributed by atoms with E-state index in [9.17, 15) is 4.79 Å². The van der Waals surface area contributed by atoms with Gasteiger partial charge in [0.05, 0.1) is 11.6 Å². The van der Waals surface area contributed by atoms with Crippen LogP contribution in [0.4, 0.5) is 0 Å². The van der Waals surface area contributed by atoms with Crippen molar-refractivity contribution >= 4 is 5.91 Å². The molecule has 3 aliphatic rings. The van der Waals surface area contributed by atoms with E-state index in [1.54, 1.807) is 0 Å². The summed E-state index contributed by atoms with van der Waals surface area (Å²) in [5, 5.41) is 6.55. The maximum absolute atomic E-state index is 12.0. The lowest BCUT2D eigenvalue weighted by Gasteiger charge is -2.44. The zero-order valence-corrected chi connectivity index (χ0v) is 12.3. The van der Waals surface area contributed by atoms with E-state index in [0.29, 0.717) is 12.1 Å². The van der Waals surface area contributed by atoms with Crippen LogP contribution in [-0.4, -0.2) is 49.5 Å². The molecule has 5 nitrogen and oxygen atoms in total. The molecule has 0 aromatic rings. The topological polar surface area (TPSA) is 59.6 Å². The molecule has 1 spiro atoms. The van der Waals surface area contributed by atoms with Crippen LogP contribution in [-0.2, 0) is 14.3 Å². The minimum atomic E-state index is -0.115. The second kappa shape index (κ2) is 6.00. The zero-order chi connectivity index (χ0) is 14.0. The van der Waals surface area contributed by atoms with Gasteiger partial charge in [0.15, 0.2) is 0 Å². The molecule has 2 aliphatic heterocycles. The summed E-state index contributed by atoms with van der Waals surface area (Å²) in [7, 11) is 0. The third-order valence-electron chi connectivity index (χ3n) is 4.70. The highest BCUT2D eigenvalue weighted by atomic mass is 16.5. The molecule has 1 aliphatic carbocycles. The Kier molecular flexibility index (Phi) is 4.29. The van der Waals surface area contributed by atoms with Crippen LogP contribution in [0.1, 0.15) is 45.4 Å². The third kappa shape index (κ3) is 3.51. The van der Waals surface area contributed by atoms with Crippen LogP contribution >= 0.6 is 0 Å². The Morgan fingerprint density at radius 3 is 2.60 bits per heavy atom. The van der Waals surface area contributed by atoms with E-state index in [1.807, 2.05) is 6.92 Å². The summed E-state index contributed by atoms with van der Waals surface area (Å²) in [6.07, 6.45) is 6.22. The van der Waals surface area contributed by atoms with Crippen molar-refractivity contribution in [2.75, 3.05) is 19.8 Å². The van der Waals surface area contributed by atoms with Crippen molar-refractivity contribution < 1.29 is 14.3 Å². The predicted molar refractivity (Wildman–Crippen MR) is 75.5 cm³/mol. The Hall–Kier alpha value is -0.650. The standard InChI is InChI=1S/C15H26N2O3/c1-11(14(18)17-12-2-3-12)16-13-4-7-20-15(10-13)5-8-19-9-6-15/h11-13,16H,2-10H2,1H3,(H,17,18). The van der Waals surface area contributed by atoms with Gasteiger partial charge < -0.3 is 20.1 Å². The van der Waals surface area contributed by atoms with E-state index in [4.69, 9.17) is 9.47 Å². The highest BCUT2D eigenvalue weighted by molar-refractivity contribution is 5.81. The van der Waals surface area contributed by atoms with Crippen LogP contribution in [0.15, 0.2) is 0 Å². The first-order valence-corrected chi connectivity index (χ1v) is 7.95. The normalized spacial score (nSPS) is 30.9. The van der Waals surface area contributed by atoms with E-state index < -0.39 is 0 Å². The Morgan fingerprint density at radius 2 is 1.90 bits per heavy atom. The SMILES string of the molecule is CC(NC1CCOC2(CCOCC2)C1)C(=O)NC1CC1. The maximum Gasteiger partial charge on any atom is 0.237 e. The Morgan fingerprint density at radius 1 is 1.15 bits per heavy atom. The molecule has 5 heteroatoms. The third-order valence-corrected chi connectivity index (χ3v) is 4.70. The molecule has 0 aromatic carbocycles. The molecule has 0 radical (unpaired) electrons. The highest BCUT2D eigenvalue weighted by Gasteiger charge is 2.39. The highest BCUT2D eigenvalue weighted by Crippen LogP contribution is 2.34. The zero-order valence-electron chi connectivity index (χ0n) is 12.3. The van der Waals surface area contributed by atoms with Gasteiger partial charge in [-0.05, 0) is 45.4 Å². The van der Waals surface area contributed by atoms with Crippen LogP contribution in [0.3, 0.4) is 0 Å². The van der Waals surface area contributed by atoms with Gasteiger partial charge in [0.2, 0.25) is 5.91 Å². The summed E-state index contributed by atoms with van der Waals surface area (Å²) >= 11 is 0. The number of carbonyl (C=O) groups excluding carboxylic acids is 1. The molecule has 2 N–H and O–H groups in total. The van der Waals surface area contributed by atoms with Gasteiger partial charge in [0.1, 0.15) is 0 Å². The molecular weight excluding hydrogens is 256 g/mol. The number of carbonyl (C=O) groups is 1. The lowest BCUT2D eigenvalue weighted by Crippen LogP contribution is -2.54. The monoisotopic (exact) mass is 282 g/mol. The van der Waals surface area contributed by atoms with E-state index in [2.05, 4.69) is 10.6 Å². The molecule has 2 saturated heterocycles. The maximum atomic E-state index is 12.0. The fourth-order valence-electron chi connectivity index (χ4n) is 3.24. The number of amides is 1. The van der Waals surface area contributed by atoms with Crippen molar-refractivity contribution in [1.82, 2.24) is 10.6 Å². The molecule has 2 unspecified atom stereocenters. The molecule has 0 bridgehead atoms. The quantitative estimate of drug-likeness (QED) is 0.807. The number of rotatable bonds is 4. The molecule has 1 amide bonds. The van der Waals surface area contributed by atoms with Crippen molar-refractivity contribution in [3.05, 3.63) is 0 Å². The summed E-state index contributed by atoms with van der Waals surface area (Å²) in [5.41, 5.74) is -0.0130. The molecule has 1 saturated carbocycles. The van der Waals surface area contributed by atoms with Gasteiger partial charge in [0, 0.05) is 31.9 Å². The Bertz CT molecular complexity index is 346. The van der Waals surface area contributed by atoms with E-state index >= 15 is 0 Å². The molecule has 2 heterocycles. The van der Waals surface area contributed by atoms with Crippen molar-refractivity contribution in [2.45, 2.75) is 69.2 Å². The van der Waals surface area contributed by atoms with Gasteiger partial charge in [-0.15, -0.1) is 0 Å². The second-order valence-corrected chi connectivity index (χ2v) is 6.50. The smallest absolute Gasteiger partial charge is 0.237 e. The van der Waals surface area contributed by atoms with Gasteiger partial charge in [-0.25, -0.2) is 0 Å². The number of nitrogens with one attached hydrogen (secondary N) is 2. The molecular formula is C15H26N2O3. The van der Waals surface area contributed by atoms with Crippen molar-refractivity contribution in [3.63, 3.8) is 0 Å². The summed E-state index contributed by atoms with van der Waals surface area (Å²) < 4.78 is 11.5. The van der Waals surface area contributed by atoms with Crippen LogP contribution in [0.2, 0.25) is 0 Å². The Balaban J connectivity index is 1.49. The van der Waals surface area contributed by atoms with Crippen LogP contribution < -0.4 is 10.6 Å². The van der Waals surface area contributed by atoms with Crippen LogP contribution in [0.25, 0.3) is 0 Å². The summed E-state index contributed by atoms with van der Waals surface area (Å²) in [5.74, 6) is 0.139. The van der Waals surface area contributed by atoms with E-state index in [0.717, 1.165) is 58.3 Å². The largest absolute Gasteiger partial charge is 0.381 e. The number of hydrogen-bond donors (Lipinski definition) is 2. The fourth-order valence-corrected chi connectivity index (χ4v) is 3.24. The molecule has 114 valence electrons. The first-order valence-electron chi connectivity index (χ1n) is 7.95. The van der Waals surface area contributed by atoms with Gasteiger partial charge in [-0.2, -0.15) is 0 Å². The number of ether oxygens (including phenoxy) is 2. The van der Waals surface area contributed by atoms with E-state index in [-0.39, 0.29) is 17.6 Å². The summed E-state index contributed by atoms with van der Waals surface area (Å²) in [4.78, 5) is 12.0. The molecule has 0 aromatic heterocycles. The Labute approximate surface area is 120 Å². The lowest BCUT2D eigenvalue weighted by molar-refractivity contribution is -0.142. The second-order valence-electron chi connectivity index (χ2n) is 6.50. The van der Waals surface area contributed by atoms with Gasteiger partial charge in [-0.3, -0.25) is 4.79 Å². The molecule has 20 heavy (non-hydrogen) atoms. The average molecular weight is 282 g/mol. The summed E-state index contributed by atoms with van der Waals surface area (Å²) in [6.45, 7) is 4.34. The summed E-state index contributed by atoms with van der Waals surface area (Å²) in [6, 6.07) is 0.695. The fraction of sp³-hybridized carbons (Fsp3) is 0.933. The van der Waals surface area contributed by atoms with Crippen LogP contribution in [0.5, 0.6) is 0 Å². The van der Waals surface area contributed by atoms with Gasteiger partial charge in [-0.1, -0.05) is 0 Å². The first-order chi connectivity index (χ1) is 9.67. The minimum absolute atomic E-state index is 0.0130. The van der Waals surface area contributed by atoms with Gasteiger partial charge in [0.25, 0.3) is 0 Å². The average Bonchev–Trinajstić information content (AvgIpc) is 3.23. The molecule has 3 rings (SSSR count). The first kappa shape index (κ1) is 14.3. The van der Waals surface area contributed by atoms with Crippen molar-refractivity contribution in [1.29, 1.82) is 0 Å². The van der Waals surface area contributed by atoms with E-state index in [1.165, 1.54) is 0 Å². The van der Waals surface area contributed by atoms with Gasteiger partial charge >= 0.3 is 0 Å². The van der Waals surface area contributed by atoms with Crippen molar-refractivity contribution in [2.24, 2.45) is 0 Å². The molecule has 2 atom stereocenters.